The summed E-state index contributed by atoms with van der Waals surface area (Å²) < 4.78 is 5.85. The van der Waals surface area contributed by atoms with Gasteiger partial charge in [0.25, 0.3) is 5.91 Å². The van der Waals surface area contributed by atoms with Crippen molar-refractivity contribution in [3.8, 4) is 0 Å². The fourth-order valence-electron chi connectivity index (χ4n) is 2.74. The van der Waals surface area contributed by atoms with Gasteiger partial charge in [0, 0.05) is 19.1 Å². The number of rotatable bonds is 5. The molecule has 0 aliphatic carbocycles. The Morgan fingerprint density at radius 2 is 2.23 bits per heavy atom. The predicted octanol–water partition coefficient (Wildman–Crippen LogP) is 3.21. The molecular formula is C17H20N2O2S. The molecule has 1 aliphatic heterocycles. The third-order valence-corrected chi connectivity index (χ3v) is 5.09. The molecule has 4 nitrogen and oxygen atoms in total. The molecule has 1 saturated heterocycles. The van der Waals surface area contributed by atoms with Crippen molar-refractivity contribution in [1.29, 1.82) is 0 Å². The molecule has 2 aromatic rings. The number of thiazole rings is 1. The second-order valence-corrected chi connectivity index (χ2v) is 6.55. The van der Waals surface area contributed by atoms with E-state index >= 15 is 0 Å². The number of benzene rings is 1. The summed E-state index contributed by atoms with van der Waals surface area (Å²) in [6, 6.07) is 10.2. The molecule has 0 saturated carbocycles. The van der Waals surface area contributed by atoms with Crippen molar-refractivity contribution in [2.45, 2.75) is 25.9 Å². The van der Waals surface area contributed by atoms with Crippen LogP contribution in [0.25, 0.3) is 0 Å². The van der Waals surface area contributed by atoms with Crippen molar-refractivity contribution in [2.24, 2.45) is 5.92 Å². The number of amides is 1. The average Bonchev–Trinajstić information content (AvgIpc) is 3.22. The van der Waals surface area contributed by atoms with Crippen molar-refractivity contribution in [3.05, 3.63) is 52.0 Å². The highest BCUT2D eigenvalue weighted by molar-refractivity contribution is 7.13. The third kappa shape index (κ3) is 3.36. The lowest BCUT2D eigenvalue weighted by Crippen LogP contribution is -2.30. The highest BCUT2D eigenvalue weighted by Crippen LogP contribution is 2.33. The number of carbonyl (C=O) groups is 1. The van der Waals surface area contributed by atoms with Crippen LogP contribution in [0.2, 0.25) is 0 Å². The van der Waals surface area contributed by atoms with Crippen LogP contribution in [0.3, 0.4) is 0 Å². The van der Waals surface area contributed by atoms with E-state index in [-0.39, 0.29) is 12.0 Å². The summed E-state index contributed by atoms with van der Waals surface area (Å²) in [5, 5.41) is 4.03. The molecule has 2 heterocycles. The molecule has 0 bridgehead atoms. The van der Waals surface area contributed by atoms with Gasteiger partial charge in [-0.25, -0.2) is 4.98 Å². The van der Waals surface area contributed by atoms with Gasteiger partial charge in [0.1, 0.15) is 4.88 Å². The fraction of sp³-hybridized carbons (Fsp3) is 0.412. The van der Waals surface area contributed by atoms with Crippen LogP contribution < -0.4 is 5.32 Å². The van der Waals surface area contributed by atoms with E-state index in [1.807, 2.05) is 25.1 Å². The van der Waals surface area contributed by atoms with Crippen LogP contribution in [0.4, 0.5) is 0 Å². The van der Waals surface area contributed by atoms with Gasteiger partial charge in [-0.3, -0.25) is 4.79 Å². The zero-order chi connectivity index (χ0) is 15.4. The number of ether oxygens (including phenoxy) is 1. The minimum absolute atomic E-state index is 0.0316. The maximum atomic E-state index is 12.2. The first-order valence-corrected chi connectivity index (χ1v) is 8.49. The summed E-state index contributed by atoms with van der Waals surface area (Å²) in [4.78, 5) is 17.1. The molecule has 1 aliphatic rings. The summed E-state index contributed by atoms with van der Waals surface area (Å²) >= 11 is 1.47. The number of aryl methyl sites for hydroxylation is 1. The Morgan fingerprint density at radius 1 is 1.41 bits per heavy atom. The molecule has 3 rings (SSSR count). The Morgan fingerprint density at radius 3 is 2.95 bits per heavy atom. The molecule has 22 heavy (non-hydrogen) atoms. The van der Waals surface area contributed by atoms with E-state index in [0.29, 0.717) is 17.3 Å². The Kier molecular flexibility index (Phi) is 4.85. The molecule has 2 atom stereocenters. The molecule has 1 N–H and O–H groups in total. The number of carbonyl (C=O) groups excluding carboxylic acids is 1. The highest BCUT2D eigenvalue weighted by atomic mass is 32.1. The normalized spacial score (nSPS) is 21.0. The standard InChI is InChI=1S/C17H20N2O2S/c1-2-15-18-11-14(22-15)17(20)19-10-13-8-9-21-16(13)12-6-4-3-5-7-12/h3-7,11,13,16H,2,8-10H2,1H3,(H,19,20)/t13-,16-/m0/s1. The van der Waals surface area contributed by atoms with Gasteiger partial charge in [-0.15, -0.1) is 11.3 Å². The topological polar surface area (TPSA) is 51.2 Å². The number of hydrogen-bond donors (Lipinski definition) is 1. The van der Waals surface area contributed by atoms with E-state index in [1.54, 1.807) is 6.20 Å². The predicted molar refractivity (Wildman–Crippen MR) is 87.1 cm³/mol. The quantitative estimate of drug-likeness (QED) is 0.921. The van der Waals surface area contributed by atoms with Gasteiger partial charge in [-0.2, -0.15) is 0 Å². The van der Waals surface area contributed by atoms with Crippen LogP contribution in [-0.4, -0.2) is 24.0 Å². The monoisotopic (exact) mass is 316 g/mol. The van der Waals surface area contributed by atoms with Crippen molar-refractivity contribution in [3.63, 3.8) is 0 Å². The third-order valence-electron chi connectivity index (χ3n) is 3.95. The van der Waals surface area contributed by atoms with E-state index in [1.165, 1.54) is 16.9 Å². The molecule has 0 radical (unpaired) electrons. The second kappa shape index (κ2) is 7.03. The van der Waals surface area contributed by atoms with Crippen LogP contribution in [0, 0.1) is 5.92 Å². The number of nitrogens with one attached hydrogen (secondary N) is 1. The Labute approximate surface area is 134 Å². The smallest absolute Gasteiger partial charge is 0.263 e. The van der Waals surface area contributed by atoms with Crippen molar-refractivity contribution >= 4 is 17.2 Å². The van der Waals surface area contributed by atoms with E-state index in [2.05, 4.69) is 22.4 Å². The summed E-state index contributed by atoms with van der Waals surface area (Å²) in [5.41, 5.74) is 1.19. The summed E-state index contributed by atoms with van der Waals surface area (Å²) in [6.07, 6.45) is 3.58. The van der Waals surface area contributed by atoms with Crippen LogP contribution in [0.5, 0.6) is 0 Å². The Hall–Kier alpha value is -1.72. The zero-order valence-electron chi connectivity index (χ0n) is 12.6. The molecule has 0 spiro atoms. The summed E-state index contributed by atoms with van der Waals surface area (Å²) in [6.45, 7) is 3.43. The first kappa shape index (κ1) is 15.2. The first-order valence-electron chi connectivity index (χ1n) is 7.67. The van der Waals surface area contributed by atoms with E-state index < -0.39 is 0 Å². The van der Waals surface area contributed by atoms with Crippen molar-refractivity contribution in [2.75, 3.05) is 13.2 Å². The zero-order valence-corrected chi connectivity index (χ0v) is 13.4. The number of nitrogens with zero attached hydrogens (tertiary/aromatic N) is 1. The highest BCUT2D eigenvalue weighted by Gasteiger charge is 2.29. The van der Waals surface area contributed by atoms with Crippen molar-refractivity contribution < 1.29 is 9.53 Å². The van der Waals surface area contributed by atoms with Gasteiger partial charge in [0.2, 0.25) is 0 Å². The van der Waals surface area contributed by atoms with Gasteiger partial charge >= 0.3 is 0 Å². The second-order valence-electron chi connectivity index (χ2n) is 5.43. The molecule has 1 aromatic heterocycles. The number of hydrogen-bond acceptors (Lipinski definition) is 4. The molecule has 1 aromatic carbocycles. The number of aromatic nitrogens is 1. The van der Waals surface area contributed by atoms with E-state index in [0.717, 1.165) is 24.5 Å². The van der Waals surface area contributed by atoms with Crippen molar-refractivity contribution in [1.82, 2.24) is 10.3 Å². The maximum absolute atomic E-state index is 12.2. The molecule has 1 amide bonds. The average molecular weight is 316 g/mol. The van der Waals surface area contributed by atoms with Gasteiger partial charge in [0.05, 0.1) is 17.3 Å². The van der Waals surface area contributed by atoms with Gasteiger partial charge in [0.15, 0.2) is 0 Å². The van der Waals surface area contributed by atoms with E-state index in [9.17, 15) is 4.79 Å². The summed E-state index contributed by atoms with van der Waals surface area (Å²) in [5.74, 6) is 0.292. The van der Waals surface area contributed by atoms with Crippen LogP contribution in [-0.2, 0) is 11.2 Å². The molecule has 1 fully saturated rings. The van der Waals surface area contributed by atoms with Gasteiger partial charge < -0.3 is 10.1 Å². The Bertz CT molecular complexity index is 627. The lowest BCUT2D eigenvalue weighted by atomic mass is 9.95. The van der Waals surface area contributed by atoms with E-state index in [4.69, 9.17) is 4.74 Å². The molecule has 5 heteroatoms. The lowest BCUT2D eigenvalue weighted by molar-refractivity contribution is 0.0848. The SMILES string of the molecule is CCc1ncc(C(=O)NC[C@@H]2CCO[C@H]2c2ccccc2)s1. The van der Waals surface area contributed by atoms with Gasteiger partial charge in [-0.1, -0.05) is 37.3 Å². The Balaban J connectivity index is 1.59. The van der Waals surface area contributed by atoms with Crippen LogP contribution in [0.1, 0.15) is 39.7 Å². The van der Waals surface area contributed by atoms with Crippen LogP contribution >= 0.6 is 11.3 Å². The maximum Gasteiger partial charge on any atom is 0.263 e. The molecule has 0 unspecified atom stereocenters. The summed E-state index contributed by atoms with van der Waals surface area (Å²) in [7, 11) is 0. The molecule has 116 valence electrons. The molecular weight excluding hydrogens is 296 g/mol. The van der Waals surface area contributed by atoms with Gasteiger partial charge in [-0.05, 0) is 18.4 Å². The first-order chi connectivity index (χ1) is 10.8. The van der Waals surface area contributed by atoms with Crippen LogP contribution in [0.15, 0.2) is 36.5 Å². The lowest BCUT2D eigenvalue weighted by Gasteiger charge is -2.19. The fourth-order valence-corrected chi connectivity index (χ4v) is 3.52. The largest absolute Gasteiger partial charge is 0.373 e. The minimum atomic E-state index is -0.0316. The minimum Gasteiger partial charge on any atom is -0.373 e.